The molecule has 1 aliphatic rings. The number of hydrogen-bond donors (Lipinski definition) is 2. The summed E-state index contributed by atoms with van der Waals surface area (Å²) < 4.78 is 10.5. The molecule has 1 aromatic carbocycles. The van der Waals surface area contributed by atoms with Crippen LogP contribution >= 0.6 is 11.6 Å². The van der Waals surface area contributed by atoms with Crippen LogP contribution in [0.2, 0.25) is 5.02 Å². The molecule has 0 aliphatic carbocycles. The number of amides is 1. The van der Waals surface area contributed by atoms with Crippen LogP contribution in [0, 0.1) is 0 Å². The van der Waals surface area contributed by atoms with Crippen molar-refractivity contribution in [3.8, 4) is 5.75 Å². The fourth-order valence-electron chi connectivity index (χ4n) is 2.19. The van der Waals surface area contributed by atoms with Crippen molar-refractivity contribution in [2.75, 3.05) is 20.3 Å². The number of benzene rings is 1. The van der Waals surface area contributed by atoms with E-state index in [1.807, 2.05) is 0 Å². The Morgan fingerprint density at radius 3 is 3.00 bits per heavy atom. The fraction of sp³-hybridized carbons (Fsp3) is 0.500. The van der Waals surface area contributed by atoms with Gasteiger partial charge in [0.2, 0.25) is 0 Å². The Kier molecular flexibility index (Phi) is 4.52. The lowest BCUT2D eigenvalue weighted by Crippen LogP contribution is -2.47. The summed E-state index contributed by atoms with van der Waals surface area (Å²) in [5.74, 6) is 0.103. The quantitative estimate of drug-likeness (QED) is 0.886. The van der Waals surface area contributed by atoms with E-state index in [0.29, 0.717) is 29.4 Å². The normalized spacial score (nSPS) is 25.5. The summed E-state index contributed by atoms with van der Waals surface area (Å²) in [7, 11) is 1.49. The first-order valence-electron chi connectivity index (χ1n) is 6.42. The van der Waals surface area contributed by atoms with Gasteiger partial charge in [-0.05, 0) is 25.1 Å². The van der Waals surface area contributed by atoms with Gasteiger partial charge in [0.1, 0.15) is 11.4 Å². The van der Waals surface area contributed by atoms with Crippen LogP contribution < -0.4 is 10.1 Å². The van der Waals surface area contributed by atoms with Crippen LogP contribution in [0.1, 0.15) is 23.7 Å². The highest BCUT2D eigenvalue weighted by Crippen LogP contribution is 2.26. The third-order valence-electron chi connectivity index (χ3n) is 3.62. The van der Waals surface area contributed by atoms with Gasteiger partial charge in [-0.2, -0.15) is 0 Å². The zero-order valence-electron chi connectivity index (χ0n) is 11.5. The van der Waals surface area contributed by atoms with Crippen LogP contribution in [-0.4, -0.2) is 43.0 Å². The van der Waals surface area contributed by atoms with E-state index in [1.165, 1.54) is 13.2 Å². The van der Waals surface area contributed by atoms with Gasteiger partial charge in [0, 0.05) is 24.6 Å². The molecule has 5 nitrogen and oxygen atoms in total. The van der Waals surface area contributed by atoms with Gasteiger partial charge in [-0.15, -0.1) is 0 Å². The zero-order chi connectivity index (χ0) is 14.8. The molecule has 1 heterocycles. The number of hydrogen-bond acceptors (Lipinski definition) is 4. The molecule has 1 aromatic rings. The summed E-state index contributed by atoms with van der Waals surface area (Å²) in [6.07, 6.45) is 0.199. The number of carbonyl (C=O) groups is 1. The first-order valence-corrected chi connectivity index (χ1v) is 6.80. The van der Waals surface area contributed by atoms with Gasteiger partial charge in [0.25, 0.3) is 5.91 Å². The molecule has 1 aliphatic heterocycles. The molecule has 0 bridgehead atoms. The molecule has 0 aromatic heterocycles. The maximum atomic E-state index is 12.2. The monoisotopic (exact) mass is 299 g/mol. The number of methoxy groups -OCH3 is 1. The van der Waals surface area contributed by atoms with Crippen molar-refractivity contribution in [2.45, 2.75) is 25.0 Å². The van der Waals surface area contributed by atoms with E-state index in [0.717, 1.165) is 0 Å². The molecule has 20 heavy (non-hydrogen) atoms. The molecule has 1 saturated heterocycles. The van der Waals surface area contributed by atoms with Gasteiger partial charge in [-0.25, -0.2) is 0 Å². The minimum absolute atomic E-state index is 0.128. The maximum Gasteiger partial charge on any atom is 0.255 e. The van der Waals surface area contributed by atoms with Crippen molar-refractivity contribution in [2.24, 2.45) is 0 Å². The molecule has 6 heteroatoms. The number of carbonyl (C=O) groups excluding carboxylic acids is 1. The first-order chi connectivity index (χ1) is 9.46. The summed E-state index contributed by atoms with van der Waals surface area (Å²) in [6, 6.07) is 4.82. The van der Waals surface area contributed by atoms with Crippen molar-refractivity contribution < 1.29 is 19.4 Å². The SMILES string of the molecule is COc1ccc(Cl)cc1C(=O)NCC1(O)CCOC1C. The molecule has 0 saturated carbocycles. The molecule has 2 atom stereocenters. The Morgan fingerprint density at radius 1 is 1.65 bits per heavy atom. The van der Waals surface area contributed by atoms with E-state index < -0.39 is 5.60 Å². The van der Waals surface area contributed by atoms with Crippen molar-refractivity contribution in [1.82, 2.24) is 5.32 Å². The minimum atomic E-state index is -1.03. The average Bonchev–Trinajstić information content (AvgIpc) is 2.76. The molecule has 1 amide bonds. The zero-order valence-corrected chi connectivity index (χ0v) is 12.2. The summed E-state index contributed by atoms with van der Waals surface area (Å²) in [4.78, 5) is 12.2. The minimum Gasteiger partial charge on any atom is -0.496 e. The van der Waals surface area contributed by atoms with Crippen molar-refractivity contribution in [3.63, 3.8) is 0 Å². The van der Waals surface area contributed by atoms with Crippen LogP contribution in [0.5, 0.6) is 5.75 Å². The predicted octanol–water partition coefficient (Wildman–Crippen LogP) is 1.62. The van der Waals surface area contributed by atoms with E-state index in [-0.39, 0.29) is 18.6 Å². The average molecular weight is 300 g/mol. The highest BCUT2D eigenvalue weighted by Gasteiger charge is 2.39. The predicted molar refractivity (Wildman–Crippen MR) is 75.3 cm³/mol. The summed E-state index contributed by atoms with van der Waals surface area (Å²) in [5, 5.41) is 13.5. The third kappa shape index (κ3) is 3.06. The van der Waals surface area contributed by atoms with Gasteiger partial charge in [0.05, 0.1) is 18.8 Å². The lowest BCUT2D eigenvalue weighted by atomic mass is 9.96. The molecule has 0 spiro atoms. The molecule has 2 unspecified atom stereocenters. The Morgan fingerprint density at radius 2 is 2.40 bits per heavy atom. The van der Waals surface area contributed by atoms with E-state index >= 15 is 0 Å². The first kappa shape index (κ1) is 15.1. The Balaban J connectivity index is 2.07. The van der Waals surface area contributed by atoms with Crippen LogP contribution in [0.4, 0.5) is 0 Å². The Hall–Kier alpha value is -1.30. The van der Waals surface area contributed by atoms with Gasteiger partial charge in [-0.1, -0.05) is 11.6 Å². The van der Waals surface area contributed by atoms with Gasteiger partial charge in [0.15, 0.2) is 0 Å². The summed E-state index contributed by atoms with van der Waals surface area (Å²) in [6.45, 7) is 2.41. The largest absolute Gasteiger partial charge is 0.496 e. The molecule has 2 rings (SSSR count). The highest BCUT2D eigenvalue weighted by atomic mass is 35.5. The summed E-state index contributed by atoms with van der Waals surface area (Å²) in [5.41, 5.74) is -0.684. The van der Waals surface area contributed by atoms with Crippen LogP contribution in [-0.2, 0) is 4.74 Å². The van der Waals surface area contributed by atoms with E-state index in [2.05, 4.69) is 5.32 Å². The number of ether oxygens (including phenoxy) is 2. The second-order valence-corrected chi connectivity index (χ2v) is 5.33. The molecule has 0 radical (unpaired) electrons. The number of aliphatic hydroxyl groups is 1. The number of halogens is 1. The van der Waals surface area contributed by atoms with E-state index in [1.54, 1.807) is 19.1 Å². The van der Waals surface area contributed by atoms with E-state index in [4.69, 9.17) is 21.1 Å². The van der Waals surface area contributed by atoms with Crippen molar-refractivity contribution >= 4 is 17.5 Å². The van der Waals surface area contributed by atoms with Crippen LogP contribution in [0.3, 0.4) is 0 Å². The van der Waals surface area contributed by atoms with E-state index in [9.17, 15) is 9.90 Å². The second-order valence-electron chi connectivity index (χ2n) is 4.89. The molecular weight excluding hydrogens is 282 g/mol. The number of rotatable bonds is 4. The third-order valence-corrected chi connectivity index (χ3v) is 3.86. The molecule has 1 fully saturated rings. The molecular formula is C14H18ClNO4. The molecule has 2 N–H and O–H groups in total. The maximum absolute atomic E-state index is 12.2. The van der Waals surface area contributed by atoms with Crippen molar-refractivity contribution in [1.29, 1.82) is 0 Å². The Bertz CT molecular complexity index is 508. The fourth-order valence-corrected chi connectivity index (χ4v) is 2.36. The standard InChI is InChI=1S/C14H18ClNO4/c1-9-14(18,5-6-20-9)8-16-13(17)11-7-10(15)3-4-12(11)19-2/h3-4,7,9,18H,5-6,8H2,1-2H3,(H,16,17). The smallest absolute Gasteiger partial charge is 0.255 e. The molecule has 110 valence electrons. The number of nitrogens with one attached hydrogen (secondary N) is 1. The topological polar surface area (TPSA) is 67.8 Å². The second kappa shape index (κ2) is 5.99. The van der Waals surface area contributed by atoms with Crippen LogP contribution in [0.15, 0.2) is 18.2 Å². The lowest BCUT2D eigenvalue weighted by Gasteiger charge is -2.26. The van der Waals surface area contributed by atoms with Gasteiger partial charge in [-0.3, -0.25) is 4.79 Å². The van der Waals surface area contributed by atoms with Gasteiger partial charge < -0.3 is 19.9 Å². The lowest BCUT2D eigenvalue weighted by molar-refractivity contribution is -0.0251. The van der Waals surface area contributed by atoms with Crippen molar-refractivity contribution in [3.05, 3.63) is 28.8 Å². The highest BCUT2D eigenvalue weighted by molar-refractivity contribution is 6.31. The Labute approximate surface area is 122 Å². The van der Waals surface area contributed by atoms with Crippen LogP contribution in [0.25, 0.3) is 0 Å². The van der Waals surface area contributed by atoms with Gasteiger partial charge >= 0.3 is 0 Å². The summed E-state index contributed by atoms with van der Waals surface area (Å²) >= 11 is 5.89.